The van der Waals surface area contributed by atoms with E-state index in [1.165, 1.54) is 0 Å². The third kappa shape index (κ3) is 2.54. The normalized spacial score (nSPS) is 17.2. The number of nitrogens with zero attached hydrogens (tertiary/aromatic N) is 2. The van der Waals surface area contributed by atoms with Gasteiger partial charge in [-0.05, 0) is 12.1 Å². The number of carbonyl (C=O) groups excluding carboxylic acids is 2. The molecule has 2 rings (SSSR count). The van der Waals surface area contributed by atoms with Crippen LogP contribution in [-0.4, -0.2) is 34.8 Å². The van der Waals surface area contributed by atoms with Gasteiger partial charge in [0.1, 0.15) is 5.82 Å². The Bertz CT molecular complexity index is 417. The molecule has 0 unspecified atom stereocenters. The third-order valence-corrected chi connectivity index (χ3v) is 2.23. The minimum atomic E-state index is -0.278. The van der Waals surface area contributed by atoms with E-state index in [1.807, 2.05) is 6.07 Å². The molecular weight excluding hydrogens is 208 g/mol. The first-order valence-corrected chi connectivity index (χ1v) is 4.90. The first kappa shape index (κ1) is 10.6. The summed E-state index contributed by atoms with van der Waals surface area (Å²) >= 11 is 0. The SMILES string of the molecule is Nc1cccc(CN2CC(=O)NC(=O)C2)n1. The minimum Gasteiger partial charge on any atom is -0.384 e. The van der Waals surface area contributed by atoms with Gasteiger partial charge in [-0.2, -0.15) is 0 Å². The van der Waals surface area contributed by atoms with Crippen LogP contribution < -0.4 is 11.1 Å². The van der Waals surface area contributed by atoms with Crippen LogP contribution in [0.25, 0.3) is 0 Å². The van der Waals surface area contributed by atoms with Crippen LogP contribution in [-0.2, 0) is 16.1 Å². The number of amides is 2. The zero-order chi connectivity index (χ0) is 11.5. The maximum Gasteiger partial charge on any atom is 0.240 e. The molecule has 0 saturated carbocycles. The second-order valence-corrected chi connectivity index (χ2v) is 3.67. The maximum atomic E-state index is 11.1. The van der Waals surface area contributed by atoms with E-state index in [9.17, 15) is 9.59 Å². The minimum absolute atomic E-state index is 0.211. The highest BCUT2D eigenvalue weighted by molar-refractivity contribution is 5.99. The van der Waals surface area contributed by atoms with Gasteiger partial charge in [0.2, 0.25) is 11.8 Å². The Kier molecular flexibility index (Phi) is 2.82. The second kappa shape index (κ2) is 4.28. The molecule has 0 spiro atoms. The Balaban J connectivity index is 2.04. The lowest BCUT2D eigenvalue weighted by Gasteiger charge is -2.24. The van der Waals surface area contributed by atoms with E-state index in [4.69, 9.17) is 5.73 Å². The van der Waals surface area contributed by atoms with Crippen molar-refractivity contribution in [2.45, 2.75) is 6.54 Å². The van der Waals surface area contributed by atoms with Crippen LogP contribution in [0.2, 0.25) is 0 Å². The van der Waals surface area contributed by atoms with Gasteiger partial charge >= 0.3 is 0 Å². The van der Waals surface area contributed by atoms with Gasteiger partial charge in [-0.3, -0.25) is 19.8 Å². The van der Waals surface area contributed by atoms with Crippen LogP contribution >= 0.6 is 0 Å². The van der Waals surface area contributed by atoms with E-state index in [0.717, 1.165) is 5.69 Å². The predicted octanol–water partition coefficient (Wildman–Crippen LogP) is -0.878. The topological polar surface area (TPSA) is 88.3 Å². The van der Waals surface area contributed by atoms with E-state index in [2.05, 4.69) is 10.3 Å². The number of nitrogen functional groups attached to an aromatic ring is 1. The van der Waals surface area contributed by atoms with Crippen molar-refractivity contribution in [3.05, 3.63) is 23.9 Å². The van der Waals surface area contributed by atoms with Gasteiger partial charge in [0.05, 0.1) is 18.8 Å². The number of imide groups is 1. The second-order valence-electron chi connectivity index (χ2n) is 3.67. The lowest BCUT2D eigenvalue weighted by atomic mass is 10.3. The van der Waals surface area contributed by atoms with Crippen LogP contribution in [0.1, 0.15) is 5.69 Å². The van der Waals surface area contributed by atoms with Gasteiger partial charge in [-0.15, -0.1) is 0 Å². The number of aromatic nitrogens is 1. The van der Waals surface area contributed by atoms with E-state index < -0.39 is 0 Å². The van der Waals surface area contributed by atoms with Gasteiger partial charge in [0.25, 0.3) is 0 Å². The molecular formula is C10H12N4O2. The molecule has 1 aliphatic heterocycles. The van der Waals surface area contributed by atoms with Crippen LogP contribution in [0.15, 0.2) is 18.2 Å². The average Bonchev–Trinajstić information content (AvgIpc) is 2.15. The monoisotopic (exact) mass is 220 g/mol. The first-order valence-electron chi connectivity index (χ1n) is 4.90. The molecule has 6 heteroatoms. The molecule has 84 valence electrons. The molecule has 1 fully saturated rings. The molecule has 1 aliphatic rings. The van der Waals surface area contributed by atoms with Gasteiger partial charge in [0.15, 0.2) is 0 Å². The maximum absolute atomic E-state index is 11.1. The van der Waals surface area contributed by atoms with E-state index in [1.54, 1.807) is 17.0 Å². The molecule has 0 aromatic carbocycles. The van der Waals surface area contributed by atoms with E-state index >= 15 is 0 Å². The summed E-state index contributed by atoms with van der Waals surface area (Å²) in [5.74, 6) is -0.120. The Labute approximate surface area is 92.4 Å². The number of hydrogen-bond donors (Lipinski definition) is 2. The number of piperazine rings is 1. The summed E-state index contributed by atoms with van der Waals surface area (Å²) in [6.07, 6.45) is 0. The Morgan fingerprint density at radius 1 is 1.31 bits per heavy atom. The number of nitrogens with two attached hydrogens (primary N) is 1. The number of pyridine rings is 1. The van der Waals surface area contributed by atoms with Gasteiger partial charge in [-0.25, -0.2) is 4.98 Å². The van der Waals surface area contributed by atoms with Crippen molar-refractivity contribution in [3.63, 3.8) is 0 Å². The zero-order valence-electron chi connectivity index (χ0n) is 8.64. The molecule has 0 radical (unpaired) electrons. The summed E-state index contributed by atoms with van der Waals surface area (Å²) in [4.78, 5) is 28.1. The van der Waals surface area contributed by atoms with Crippen molar-refractivity contribution in [3.8, 4) is 0 Å². The van der Waals surface area contributed by atoms with Crippen molar-refractivity contribution in [2.75, 3.05) is 18.8 Å². The Hall–Kier alpha value is -1.95. The van der Waals surface area contributed by atoms with Crippen molar-refractivity contribution in [1.29, 1.82) is 0 Å². The molecule has 1 aromatic heterocycles. The molecule has 0 aliphatic carbocycles. The van der Waals surface area contributed by atoms with Crippen molar-refractivity contribution >= 4 is 17.6 Å². The number of nitrogens with one attached hydrogen (secondary N) is 1. The van der Waals surface area contributed by atoms with Crippen molar-refractivity contribution in [1.82, 2.24) is 15.2 Å². The van der Waals surface area contributed by atoms with Crippen LogP contribution in [0.4, 0.5) is 5.82 Å². The molecule has 2 heterocycles. The molecule has 1 saturated heterocycles. The molecule has 1 aromatic rings. The number of anilines is 1. The van der Waals surface area contributed by atoms with Crippen LogP contribution in [0, 0.1) is 0 Å². The summed E-state index contributed by atoms with van der Waals surface area (Å²) in [6.45, 7) is 0.870. The average molecular weight is 220 g/mol. The number of carbonyl (C=O) groups is 2. The molecule has 2 amide bonds. The lowest BCUT2D eigenvalue weighted by Crippen LogP contribution is -2.50. The number of hydrogen-bond acceptors (Lipinski definition) is 5. The summed E-state index contributed by atoms with van der Waals surface area (Å²) in [5, 5.41) is 2.24. The third-order valence-electron chi connectivity index (χ3n) is 2.23. The quantitative estimate of drug-likeness (QED) is 0.632. The highest BCUT2D eigenvalue weighted by Crippen LogP contribution is 2.05. The van der Waals surface area contributed by atoms with Gasteiger partial charge in [-0.1, -0.05) is 6.07 Å². The van der Waals surface area contributed by atoms with Crippen LogP contribution in [0.3, 0.4) is 0 Å². The zero-order valence-corrected chi connectivity index (χ0v) is 8.64. The summed E-state index contributed by atoms with van der Waals surface area (Å²) < 4.78 is 0. The summed E-state index contributed by atoms with van der Waals surface area (Å²) in [7, 11) is 0. The molecule has 16 heavy (non-hydrogen) atoms. The molecule has 6 nitrogen and oxygen atoms in total. The standard InChI is InChI=1S/C10H12N4O2/c11-8-3-1-2-7(12-8)4-14-5-9(15)13-10(16)6-14/h1-3H,4-6H2,(H2,11,12)(H,13,15,16). The lowest BCUT2D eigenvalue weighted by molar-refractivity contribution is -0.136. The largest absolute Gasteiger partial charge is 0.384 e. The van der Waals surface area contributed by atoms with Gasteiger partial charge in [0, 0.05) is 6.54 Å². The molecule has 3 N–H and O–H groups in total. The fourth-order valence-electron chi connectivity index (χ4n) is 1.62. The smallest absolute Gasteiger partial charge is 0.240 e. The van der Waals surface area contributed by atoms with Gasteiger partial charge < -0.3 is 5.73 Å². The fraction of sp³-hybridized carbons (Fsp3) is 0.300. The fourth-order valence-corrected chi connectivity index (χ4v) is 1.62. The summed E-state index contributed by atoms with van der Waals surface area (Å²) in [5.41, 5.74) is 6.29. The Morgan fingerprint density at radius 2 is 2.00 bits per heavy atom. The predicted molar refractivity (Wildman–Crippen MR) is 57.1 cm³/mol. The molecule has 0 bridgehead atoms. The van der Waals surface area contributed by atoms with E-state index in [0.29, 0.717) is 12.4 Å². The van der Waals surface area contributed by atoms with Crippen LogP contribution in [0.5, 0.6) is 0 Å². The highest BCUT2D eigenvalue weighted by atomic mass is 16.2. The summed E-state index contributed by atoms with van der Waals surface area (Å²) in [6, 6.07) is 5.30. The Morgan fingerprint density at radius 3 is 2.62 bits per heavy atom. The number of rotatable bonds is 2. The first-order chi connectivity index (χ1) is 7.63. The highest BCUT2D eigenvalue weighted by Gasteiger charge is 2.22. The van der Waals surface area contributed by atoms with Crippen molar-refractivity contribution in [2.24, 2.45) is 0 Å². The van der Waals surface area contributed by atoms with E-state index in [-0.39, 0.29) is 24.9 Å². The van der Waals surface area contributed by atoms with Crippen molar-refractivity contribution < 1.29 is 9.59 Å². The molecule has 0 atom stereocenters.